The van der Waals surface area contributed by atoms with Crippen LogP contribution in [0.4, 0.5) is 5.69 Å². The highest BCUT2D eigenvalue weighted by atomic mass is 35.5. The smallest absolute Gasteiger partial charge is 0.0410 e. The normalized spacial score (nSPS) is 15.7. The lowest BCUT2D eigenvalue weighted by Crippen LogP contribution is -2.05. The lowest BCUT2D eigenvalue weighted by atomic mass is 9.82. The van der Waals surface area contributed by atoms with E-state index in [2.05, 4.69) is 84.2 Å². The molecule has 0 radical (unpaired) electrons. The number of rotatable bonds is 1. The molecule has 0 amide bonds. The van der Waals surface area contributed by atoms with Gasteiger partial charge in [0.1, 0.15) is 0 Å². The highest BCUT2D eigenvalue weighted by Crippen LogP contribution is 2.42. The van der Waals surface area contributed by atoms with Crippen molar-refractivity contribution in [3.8, 4) is 0 Å². The van der Waals surface area contributed by atoms with Crippen LogP contribution in [0, 0.1) is 0 Å². The van der Waals surface area contributed by atoms with Gasteiger partial charge in [-0.05, 0) is 63.4 Å². The molecular weight excluding hydrogens is 338 g/mol. The zero-order valence-corrected chi connectivity index (χ0v) is 15.0. The maximum atomic E-state index is 6.38. The molecule has 5 rings (SSSR count). The fourth-order valence-electron chi connectivity index (χ4n) is 4.02. The number of anilines is 1. The summed E-state index contributed by atoms with van der Waals surface area (Å²) < 4.78 is 0. The van der Waals surface area contributed by atoms with Gasteiger partial charge in [-0.3, -0.25) is 0 Å². The molecule has 0 saturated carbocycles. The Bertz CT molecular complexity index is 1100. The highest BCUT2D eigenvalue weighted by Gasteiger charge is 2.25. The predicted molar refractivity (Wildman–Crippen MR) is 110 cm³/mol. The molecule has 2 heteroatoms. The summed E-state index contributed by atoms with van der Waals surface area (Å²) >= 11 is 6.38. The Morgan fingerprint density at radius 2 is 1.46 bits per heavy atom. The van der Waals surface area contributed by atoms with E-state index >= 15 is 0 Å². The largest absolute Gasteiger partial charge is 0.381 e. The molecule has 4 aromatic carbocycles. The van der Waals surface area contributed by atoms with E-state index in [1.54, 1.807) is 0 Å². The Morgan fingerprint density at radius 3 is 2.27 bits per heavy atom. The molecule has 1 heterocycles. The minimum absolute atomic E-state index is 0.166. The topological polar surface area (TPSA) is 12.0 Å². The van der Waals surface area contributed by atoms with Gasteiger partial charge in [-0.1, -0.05) is 66.2 Å². The Morgan fingerprint density at radius 1 is 0.731 bits per heavy atom. The first-order valence-electron chi connectivity index (χ1n) is 8.89. The molecule has 1 aliphatic heterocycles. The van der Waals surface area contributed by atoms with Gasteiger partial charge in [0, 0.05) is 23.2 Å². The van der Waals surface area contributed by atoms with Crippen molar-refractivity contribution < 1.29 is 0 Å². The number of halogens is 1. The minimum atomic E-state index is 0.166. The molecule has 1 atom stereocenters. The fourth-order valence-corrected chi connectivity index (χ4v) is 4.20. The quantitative estimate of drug-likeness (QED) is 0.405. The standard InChI is InChI=1S/C24H18ClN/c25-20-10-11-23-22(14-20)24(16-6-2-1-3-7-16)21-13-18-9-5-4-8-17(18)12-19(21)15-26-23/h1-14,24,26H,15H2. The van der Waals surface area contributed by atoms with Crippen LogP contribution >= 0.6 is 11.6 Å². The van der Waals surface area contributed by atoms with Gasteiger partial charge in [0.25, 0.3) is 0 Å². The van der Waals surface area contributed by atoms with Crippen LogP contribution in [0.1, 0.15) is 28.2 Å². The lowest BCUT2D eigenvalue weighted by Gasteiger charge is -2.21. The summed E-state index contributed by atoms with van der Waals surface area (Å²) in [5.74, 6) is 0.166. The van der Waals surface area contributed by atoms with Crippen LogP contribution in [0.3, 0.4) is 0 Å². The van der Waals surface area contributed by atoms with E-state index in [4.69, 9.17) is 11.6 Å². The zero-order chi connectivity index (χ0) is 17.5. The summed E-state index contributed by atoms with van der Waals surface area (Å²) in [6.45, 7) is 0.818. The second-order valence-corrected chi connectivity index (χ2v) is 7.26. The van der Waals surface area contributed by atoms with E-state index in [1.165, 1.54) is 33.0 Å². The van der Waals surface area contributed by atoms with Crippen LogP contribution < -0.4 is 5.32 Å². The molecule has 0 bridgehead atoms. The van der Waals surface area contributed by atoms with Crippen molar-refractivity contribution in [3.05, 3.63) is 112 Å². The first-order valence-corrected chi connectivity index (χ1v) is 9.27. The van der Waals surface area contributed by atoms with Gasteiger partial charge >= 0.3 is 0 Å². The Balaban J connectivity index is 1.83. The van der Waals surface area contributed by atoms with Crippen molar-refractivity contribution in [2.45, 2.75) is 12.5 Å². The second-order valence-electron chi connectivity index (χ2n) is 6.83. The fraction of sp³-hybridized carbons (Fsp3) is 0.0833. The van der Waals surface area contributed by atoms with E-state index in [9.17, 15) is 0 Å². The van der Waals surface area contributed by atoms with Gasteiger partial charge in [-0.15, -0.1) is 0 Å². The van der Waals surface area contributed by atoms with Crippen LogP contribution in [0.2, 0.25) is 5.02 Å². The molecule has 0 spiro atoms. The number of hydrogen-bond donors (Lipinski definition) is 1. The molecule has 0 aliphatic carbocycles. The summed E-state index contributed by atoms with van der Waals surface area (Å²) in [6.07, 6.45) is 0. The molecule has 1 aliphatic rings. The van der Waals surface area contributed by atoms with Crippen LogP contribution in [-0.4, -0.2) is 0 Å². The van der Waals surface area contributed by atoms with Gasteiger partial charge in [0.05, 0.1) is 0 Å². The summed E-state index contributed by atoms with van der Waals surface area (Å²) in [6, 6.07) is 30.1. The maximum absolute atomic E-state index is 6.38. The Hall–Kier alpha value is -2.77. The SMILES string of the molecule is Clc1ccc2c(c1)C(c1ccccc1)c1cc3ccccc3cc1CN2. The number of fused-ring (bicyclic) bond motifs is 3. The maximum Gasteiger partial charge on any atom is 0.0410 e. The third-order valence-corrected chi connectivity index (χ3v) is 5.48. The number of benzene rings is 4. The van der Waals surface area contributed by atoms with Gasteiger partial charge in [-0.2, -0.15) is 0 Å². The summed E-state index contributed by atoms with van der Waals surface area (Å²) in [5, 5.41) is 6.95. The van der Waals surface area contributed by atoms with E-state index in [1.807, 2.05) is 6.07 Å². The van der Waals surface area contributed by atoms with Crippen molar-refractivity contribution in [3.63, 3.8) is 0 Å². The Kier molecular flexibility index (Phi) is 3.69. The lowest BCUT2D eigenvalue weighted by molar-refractivity contribution is 0.976. The van der Waals surface area contributed by atoms with Crippen LogP contribution in [0.5, 0.6) is 0 Å². The van der Waals surface area contributed by atoms with Crippen molar-refractivity contribution in [1.29, 1.82) is 0 Å². The van der Waals surface area contributed by atoms with Gasteiger partial charge in [0.2, 0.25) is 0 Å². The summed E-state index contributed by atoms with van der Waals surface area (Å²) in [7, 11) is 0. The van der Waals surface area contributed by atoms with E-state index in [0.717, 1.165) is 17.3 Å². The molecule has 0 saturated heterocycles. The zero-order valence-electron chi connectivity index (χ0n) is 14.2. The van der Waals surface area contributed by atoms with E-state index in [-0.39, 0.29) is 5.92 Å². The molecule has 0 aromatic heterocycles. The number of hydrogen-bond acceptors (Lipinski definition) is 1. The minimum Gasteiger partial charge on any atom is -0.381 e. The van der Waals surface area contributed by atoms with E-state index in [0.29, 0.717) is 0 Å². The third kappa shape index (κ3) is 2.56. The van der Waals surface area contributed by atoms with Crippen LogP contribution in [0.25, 0.3) is 10.8 Å². The van der Waals surface area contributed by atoms with Crippen molar-refractivity contribution in [1.82, 2.24) is 0 Å². The van der Waals surface area contributed by atoms with Gasteiger partial charge in [0.15, 0.2) is 0 Å². The third-order valence-electron chi connectivity index (χ3n) is 5.25. The molecule has 1 unspecified atom stereocenters. The predicted octanol–water partition coefficient (Wildman–Crippen LogP) is 6.60. The van der Waals surface area contributed by atoms with Crippen molar-refractivity contribution in [2.75, 3.05) is 5.32 Å². The average molecular weight is 356 g/mol. The van der Waals surface area contributed by atoms with Crippen LogP contribution in [0.15, 0.2) is 84.9 Å². The summed E-state index contributed by atoms with van der Waals surface area (Å²) in [5.41, 5.74) is 6.37. The van der Waals surface area contributed by atoms with Gasteiger partial charge < -0.3 is 5.32 Å². The van der Waals surface area contributed by atoms with E-state index < -0.39 is 0 Å². The average Bonchev–Trinajstić information content (AvgIpc) is 2.83. The van der Waals surface area contributed by atoms with Crippen LogP contribution in [-0.2, 0) is 6.54 Å². The Labute approximate surface area is 158 Å². The number of nitrogens with one attached hydrogen (secondary N) is 1. The first kappa shape index (κ1) is 15.5. The molecule has 1 N–H and O–H groups in total. The second kappa shape index (κ2) is 6.19. The van der Waals surface area contributed by atoms with Crippen molar-refractivity contribution in [2.24, 2.45) is 0 Å². The molecule has 26 heavy (non-hydrogen) atoms. The highest BCUT2D eigenvalue weighted by molar-refractivity contribution is 6.30. The molecule has 1 nitrogen and oxygen atoms in total. The van der Waals surface area contributed by atoms with Crippen molar-refractivity contribution >= 4 is 28.1 Å². The summed E-state index contributed by atoms with van der Waals surface area (Å²) in [4.78, 5) is 0. The molecule has 4 aromatic rings. The molecular formula is C24H18ClN. The van der Waals surface area contributed by atoms with Gasteiger partial charge in [-0.25, -0.2) is 0 Å². The monoisotopic (exact) mass is 355 g/mol. The molecule has 0 fully saturated rings. The molecule has 126 valence electrons. The first-order chi connectivity index (χ1) is 12.8.